The third-order valence-electron chi connectivity index (χ3n) is 4.99. The molecule has 2 aliphatic rings. The first-order valence-corrected chi connectivity index (χ1v) is 6.62. The maximum atomic E-state index is 6.07. The Balaban J connectivity index is 2.09. The molecule has 1 aliphatic carbocycles. The fraction of sp³-hybridized carbons (Fsp3) is 1.00. The number of ether oxygens (including phenoxy) is 1. The normalized spacial score (nSPS) is 33.4. The van der Waals surface area contributed by atoms with E-state index in [-0.39, 0.29) is 5.54 Å². The van der Waals surface area contributed by atoms with Gasteiger partial charge in [0.1, 0.15) is 0 Å². The lowest BCUT2D eigenvalue weighted by atomic mass is 9.81. The van der Waals surface area contributed by atoms with Crippen LogP contribution in [0.4, 0.5) is 0 Å². The van der Waals surface area contributed by atoms with Crippen molar-refractivity contribution in [2.24, 2.45) is 11.1 Å². The fourth-order valence-electron chi connectivity index (χ4n) is 2.90. The molecule has 3 nitrogen and oxygen atoms in total. The summed E-state index contributed by atoms with van der Waals surface area (Å²) in [4.78, 5) is 2.58. The molecule has 1 heterocycles. The number of hydrogen-bond donors (Lipinski definition) is 1. The van der Waals surface area contributed by atoms with Crippen LogP contribution in [0.3, 0.4) is 0 Å². The Bertz CT molecular complexity index is 252. The van der Waals surface area contributed by atoms with Crippen molar-refractivity contribution in [1.29, 1.82) is 0 Å². The van der Waals surface area contributed by atoms with Gasteiger partial charge in [-0.15, -0.1) is 0 Å². The van der Waals surface area contributed by atoms with Gasteiger partial charge >= 0.3 is 0 Å². The van der Waals surface area contributed by atoms with Gasteiger partial charge in [0.05, 0.1) is 12.7 Å². The molecule has 2 fully saturated rings. The van der Waals surface area contributed by atoms with Gasteiger partial charge in [0.25, 0.3) is 0 Å². The van der Waals surface area contributed by atoms with Crippen LogP contribution in [0.5, 0.6) is 0 Å². The van der Waals surface area contributed by atoms with Crippen LogP contribution in [-0.4, -0.2) is 42.8 Å². The summed E-state index contributed by atoms with van der Waals surface area (Å²) in [6.07, 6.45) is 4.17. The third-order valence-corrected chi connectivity index (χ3v) is 4.99. The van der Waals surface area contributed by atoms with E-state index in [1.165, 1.54) is 12.8 Å². The Labute approximate surface area is 99.3 Å². The number of nitrogens with zero attached hydrogens (tertiary/aromatic N) is 1. The van der Waals surface area contributed by atoms with Gasteiger partial charge in [-0.25, -0.2) is 0 Å². The van der Waals surface area contributed by atoms with Crippen LogP contribution in [0, 0.1) is 5.41 Å². The van der Waals surface area contributed by atoms with E-state index in [1.54, 1.807) is 0 Å². The van der Waals surface area contributed by atoms with Crippen LogP contribution in [0.15, 0.2) is 0 Å². The molecule has 1 saturated heterocycles. The van der Waals surface area contributed by atoms with Gasteiger partial charge in [0.15, 0.2) is 0 Å². The van der Waals surface area contributed by atoms with Crippen molar-refractivity contribution in [3.8, 4) is 0 Å². The predicted molar refractivity (Wildman–Crippen MR) is 66.4 cm³/mol. The molecule has 2 atom stereocenters. The van der Waals surface area contributed by atoms with Crippen molar-refractivity contribution < 1.29 is 4.74 Å². The number of nitrogens with two attached hydrogens (primary N) is 1. The first-order valence-electron chi connectivity index (χ1n) is 6.62. The summed E-state index contributed by atoms with van der Waals surface area (Å²) < 4.78 is 5.75. The van der Waals surface area contributed by atoms with Crippen molar-refractivity contribution in [3.05, 3.63) is 0 Å². The summed E-state index contributed by atoms with van der Waals surface area (Å²) in [7, 11) is 0. The third kappa shape index (κ3) is 1.89. The molecule has 3 heteroatoms. The molecule has 2 rings (SSSR count). The van der Waals surface area contributed by atoms with Crippen LogP contribution in [-0.2, 0) is 4.74 Å². The van der Waals surface area contributed by atoms with Crippen molar-refractivity contribution in [1.82, 2.24) is 4.90 Å². The zero-order valence-electron chi connectivity index (χ0n) is 11.0. The van der Waals surface area contributed by atoms with E-state index in [9.17, 15) is 0 Å². The zero-order valence-corrected chi connectivity index (χ0v) is 11.0. The van der Waals surface area contributed by atoms with Gasteiger partial charge < -0.3 is 10.5 Å². The Morgan fingerprint density at radius 2 is 2.19 bits per heavy atom. The standard InChI is InChI=1S/C13H26N2O/c1-4-11-9-15(7-8-16-11)13(3,10-14)12(2)5-6-12/h11H,4-10,14H2,1-3H3. The van der Waals surface area contributed by atoms with Crippen molar-refractivity contribution in [3.63, 3.8) is 0 Å². The molecule has 2 unspecified atom stereocenters. The first kappa shape index (κ1) is 12.3. The fourth-order valence-corrected chi connectivity index (χ4v) is 2.90. The van der Waals surface area contributed by atoms with Gasteiger partial charge in [0, 0.05) is 25.2 Å². The van der Waals surface area contributed by atoms with Crippen molar-refractivity contribution in [2.45, 2.75) is 51.7 Å². The summed E-state index contributed by atoms with van der Waals surface area (Å²) in [6, 6.07) is 0. The lowest BCUT2D eigenvalue weighted by Gasteiger charge is -2.48. The number of rotatable bonds is 4. The topological polar surface area (TPSA) is 38.5 Å². The first-order chi connectivity index (χ1) is 7.55. The molecule has 0 spiro atoms. The van der Waals surface area contributed by atoms with Crippen molar-refractivity contribution in [2.75, 3.05) is 26.2 Å². The van der Waals surface area contributed by atoms with Crippen LogP contribution in [0.2, 0.25) is 0 Å². The van der Waals surface area contributed by atoms with E-state index in [4.69, 9.17) is 10.5 Å². The predicted octanol–water partition coefficient (Wildman–Crippen LogP) is 1.61. The highest BCUT2D eigenvalue weighted by molar-refractivity contribution is 5.10. The van der Waals surface area contributed by atoms with E-state index >= 15 is 0 Å². The Hall–Kier alpha value is -0.120. The summed E-state index contributed by atoms with van der Waals surface area (Å²) in [6.45, 7) is 10.7. The summed E-state index contributed by atoms with van der Waals surface area (Å²) in [5, 5.41) is 0. The van der Waals surface area contributed by atoms with E-state index < -0.39 is 0 Å². The second-order valence-electron chi connectivity index (χ2n) is 5.89. The summed E-state index contributed by atoms with van der Waals surface area (Å²) in [5.41, 5.74) is 6.68. The minimum Gasteiger partial charge on any atom is -0.376 e. The molecular weight excluding hydrogens is 200 g/mol. The Morgan fingerprint density at radius 3 is 2.69 bits per heavy atom. The second-order valence-corrected chi connectivity index (χ2v) is 5.89. The monoisotopic (exact) mass is 226 g/mol. The molecule has 0 aromatic carbocycles. The largest absolute Gasteiger partial charge is 0.376 e. The van der Waals surface area contributed by atoms with Crippen LogP contribution >= 0.6 is 0 Å². The number of morpholine rings is 1. The second kappa shape index (κ2) is 4.28. The minimum absolute atomic E-state index is 0.171. The van der Waals surface area contributed by atoms with Crippen LogP contribution in [0.1, 0.15) is 40.0 Å². The molecule has 0 aromatic rings. The SMILES string of the molecule is CCC1CN(C(C)(CN)C2(C)CC2)CCO1. The molecule has 0 amide bonds. The van der Waals surface area contributed by atoms with E-state index in [1.807, 2.05) is 0 Å². The maximum absolute atomic E-state index is 6.07. The summed E-state index contributed by atoms with van der Waals surface area (Å²) in [5.74, 6) is 0. The van der Waals surface area contributed by atoms with E-state index in [0.29, 0.717) is 11.5 Å². The highest BCUT2D eigenvalue weighted by Crippen LogP contribution is 2.55. The highest BCUT2D eigenvalue weighted by atomic mass is 16.5. The quantitative estimate of drug-likeness (QED) is 0.791. The van der Waals surface area contributed by atoms with E-state index in [0.717, 1.165) is 32.7 Å². The van der Waals surface area contributed by atoms with Gasteiger partial charge in [-0.3, -0.25) is 4.90 Å². The summed E-state index contributed by atoms with van der Waals surface area (Å²) >= 11 is 0. The molecule has 0 aromatic heterocycles. The highest BCUT2D eigenvalue weighted by Gasteiger charge is 2.55. The molecular formula is C13H26N2O. The van der Waals surface area contributed by atoms with Gasteiger partial charge in [-0.05, 0) is 31.6 Å². The lowest BCUT2D eigenvalue weighted by Crippen LogP contribution is -2.61. The Morgan fingerprint density at radius 1 is 1.50 bits per heavy atom. The molecule has 1 aliphatic heterocycles. The zero-order chi connectivity index (χ0) is 11.8. The molecule has 0 bridgehead atoms. The molecule has 16 heavy (non-hydrogen) atoms. The Kier molecular flexibility index (Phi) is 3.30. The van der Waals surface area contributed by atoms with Gasteiger partial charge in [0.2, 0.25) is 0 Å². The van der Waals surface area contributed by atoms with Crippen molar-refractivity contribution >= 4 is 0 Å². The van der Waals surface area contributed by atoms with Gasteiger partial charge in [-0.2, -0.15) is 0 Å². The maximum Gasteiger partial charge on any atom is 0.0700 e. The molecule has 1 saturated carbocycles. The van der Waals surface area contributed by atoms with Crippen LogP contribution < -0.4 is 5.73 Å². The molecule has 2 N–H and O–H groups in total. The average molecular weight is 226 g/mol. The smallest absolute Gasteiger partial charge is 0.0700 e. The minimum atomic E-state index is 0.171. The molecule has 0 radical (unpaired) electrons. The lowest BCUT2D eigenvalue weighted by molar-refractivity contribution is -0.0818. The van der Waals surface area contributed by atoms with Gasteiger partial charge in [-0.1, -0.05) is 13.8 Å². The van der Waals surface area contributed by atoms with E-state index in [2.05, 4.69) is 25.7 Å². The van der Waals surface area contributed by atoms with Crippen LogP contribution in [0.25, 0.3) is 0 Å². The number of hydrogen-bond acceptors (Lipinski definition) is 3. The molecule has 94 valence electrons. The average Bonchev–Trinajstić information content (AvgIpc) is 3.08.